The minimum atomic E-state index is 0.899. The Morgan fingerprint density at radius 3 is 0.659 bits per heavy atom. The highest BCUT2D eigenvalue weighted by Crippen LogP contribution is 2.27. The van der Waals surface area contributed by atoms with Gasteiger partial charge in [-0.25, -0.2) is 0 Å². The summed E-state index contributed by atoms with van der Waals surface area (Å²) in [5, 5.41) is 0. The van der Waals surface area contributed by atoms with Crippen molar-refractivity contribution in [1.29, 1.82) is 0 Å². The van der Waals surface area contributed by atoms with Crippen LogP contribution in [0.25, 0.3) is 0 Å². The monoisotopic (exact) mass is 592 g/mol. The third-order valence-corrected chi connectivity index (χ3v) is 10.2. The van der Waals surface area contributed by atoms with Crippen molar-refractivity contribution >= 4 is 22.7 Å². The maximum Gasteiger partial charge on any atom is 0.132 e. The van der Waals surface area contributed by atoms with Crippen LogP contribution in [0.4, 0.5) is 22.7 Å². The van der Waals surface area contributed by atoms with E-state index >= 15 is 0 Å². The van der Waals surface area contributed by atoms with Crippen LogP contribution in [0.3, 0.4) is 0 Å². The summed E-state index contributed by atoms with van der Waals surface area (Å²) in [7, 11) is 18.7. The standard InChI is InChI=1S/C40H56N4/c1-41(2)27-9-28-42(3,4)38-21-13-35(14-22-38)32-36-17-25-40(26-18-36)44(7,8)30-10-29-43(5,6)39-23-15-34(16-24-39)31-33-11-19-37(41)20-12-33/h11-26H,9-10,27-32H2,1-8H3/q+4. The first-order valence-corrected chi connectivity index (χ1v) is 16.4. The zero-order chi connectivity index (χ0) is 31.6. The Morgan fingerprint density at radius 2 is 0.477 bits per heavy atom. The van der Waals surface area contributed by atoms with Crippen molar-refractivity contribution < 1.29 is 0 Å². The van der Waals surface area contributed by atoms with Crippen molar-refractivity contribution in [3.8, 4) is 0 Å². The molecule has 7 heterocycles. The lowest BCUT2D eigenvalue weighted by Gasteiger charge is -2.33. The number of rotatable bonds is 0. The maximum atomic E-state index is 2.34. The molecule has 0 aliphatic carbocycles. The van der Waals surface area contributed by atoms with Crippen LogP contribution in [0.2, 0.25) is 0 Å². The summed E-state index contributed by atoms with van der Waals surface area (Å²) in [6, 6.07) is 37.3. The Hall–Kier alpha value is -3.28. The Morgan fingerprint density at radius 1 is 0.295 bits per heavy atom. The largest absolute Gasteiger partial charge is 0.296 e. The predicted octanol–water partition coefficient (Wildman–Crippen LogP) is 7.63. The molecule has 4 heteroatoms. The summed E-state index contributed by atoms with van der Waals surface area (Å²) in [5.74, 6) is 0. The van der Waals surface area contributed by atoms with Crippen molar-refractivity contribution in [3.05, 3.63) is 119 Å². The Bertz CT molecular complexity index is 1280. The Kier molecular flexibility index (Phi) is 9.21. The first-order valence-electron chi connectivity index (χ1n) is 16.4. The molecule has 11 rings (SSSR count). The highest BCUT2D eigenvalue weighted by Gasteiger charge is 2.25. The second-order valence-corrected chi connectivity index (χ2v) is 15.4. The van der Waals surface area contributed by atoms with E-state index in [0.717, 1.165) is 69.8 Å². The first kappa shape index (κ1) is 32.1. The van der Waals surface area contributed by atoms with Crippen LogP contribution in [0.5, 0.6) is 0 Å². The molecule has 0 saturated heterocycles. The van der Waals surface area contributed by atoms with Crippen LogP contribution in [0, 0.1) is 0 Å². The molecule has 7 aliphatic rings. The summed E-state index contributed by atoms with van der Waals surface area (Å²) in [5.41, 5.74) is 11.0. The van der Waals surface area contributed by atoms with Crippen LogP contribution in [0.1, 0.15) is 35.1 Å². The molecule has 0 radical (unpaired) electrons. The van der Waals surface area contributed by atoms with Crippen LogP contribution in [-0.2, 0) is 12.8 Å². The van der Waals surface area contributed by atoms with E-state index in [1.165, 1.54) is 45.0 Å². The summed E-state index contributed by atoms with van der Waals surface area (Å²) < 4.78 is 3.59. The van der Waals surface area contributed by atoms with Gasteiger partial charge in [0.15, 0.2) is 0 Å². The molecule has 4 aromatic rings. The van der Waals surface area contributed by atoms with Gasteiger partial charge in [0.05, 0.1) is 82.6 Å². The third kappa shape index (κ3) is 7.68. The van der Waals surface area contributed by atoms with Crippen molar-refractivity contribution in [2.24, 2.45) is 0 Å². The average molecular weight is 593 g/mol. The fourth-order valence-electron chi connectivity index (χ4n) is 6.78. The van der Waals surface area contributed by atoms with Gasteiger partial charge >= 0.3 is 0 Å². The molecule has 0 N–H and O–H groups in total. The molecule has 0 fully saturated rings. The quantitative estimate of drug-likeness (QED) is 0.184. The summed E-state index contributed by atoms with van der Waals surface area (Å²) in [6.07, 6.45) is 4.25. The third-order valence-electron chi connectivity index (χ3n) is 10.2. The molecule has 232 valence electrons. The lowest BCUT2D eigenvalue weighted by molar-refractivity contribution is 0.334. The minimum absolute atomic E-state index is 0.899. The topological polar surface area (TPSA) is 0 Å². The lowest BCUT2D eigenvalue weighted by atomic mass is 10.0. The highest BCUT2D eigenvalue weighted by molar-refractivity contribution is 5.49. The molecule has 0 amide bonds. The van der Waals surface area contributed by atoms with Crippen LogP contribution in [0.15, 0.2) is 97.1 Å². The molecule has 0 spiro atoms. The molecule has 4 nitrogen and oxygen atoms in total. The molecule has 0 atom stereocenters. The molecule has 8 bridgehead atoms. The summed E-state index contributed by atoms with van der Waals surface area (Å²) in [6.45, 7) is 4.44. The predicted molar refractivity (Wildman–Crippen MR) is 195 cm³/mol. The van der Waals surface area contributed by atoms with Gasteiger partial charge in [-0.15, -0.1) is 0 Å². The maximum absolute atomic E-state index is 2.34. The van der Waals surface area contributed by atoms with Crippen LogP contribution >= 0.6 is 0 Å². The van der Waals surface area contributed by atoms with Crippen LogP contribution in [-0.4, -0.2) is 82.6 Å². The second-order valence-electron chi connectivity index (χ2n) is 15.4. The van der Waals surface area contributed by atoms with E-state index in [2.05, 4.69) is 153 Å². The van der Waals surface area contributed by atoms with Gasteiger partial charge in [0, 0.05) is 12.8 Å². The van der Waals surface area contributed by atoms with E-state index in [9.17, 15) is 0 Å². The van der Waals surface area contributed by atoms with Gasteiger partial charge in [-0.05, 0) is 83.6 Å². The number of quaternary nitrogens is 4. The number of nitrogens with zero attached hydrogens (tertiary/aromatic N) is 4. The molecule has 0 saturated carbocycles. The van der Waals surface area contributed by atoms with E-state index in [4.69, 9.17) is 0 Å². The lowest BCUT2D eigenvalue weighted by Crippen LogP contribution is -2.46. The van der Waals surface area contributed by atoms with Crippen LogP contribution < -0.4 is 17.9 Å². The van der Waals surface area contributed by atoms with Gasteiger partial charge in [0.25, 0.3) is 0 Å². The molecule has 0 aromatic heterocycles. The zero-order valence-electron chi connectivity index (χ0n) is 28.7. The van der Waals surface area contributed by atoms with E-state index in [1.54, 1.807) is 0 Å². The molecular formula is C40H56N4+4. The summed E-state index contributed by atoms with van der Waals surface area (Å²) >= 11 is 0. The fraction of sp³-hybridized carbons (Fsp3) is 0.400. The van der Waals surface area contributed by atoms with Crippen molar-refractivity contribution in [1.82, 2.24) is 17.9 Å². The van der Waals surface area contributed by atoms with Crippen molar-refractivity contribution in [2.45, 2.75) is 25.7 Å². The highest BCUT2D eigenvalue weighted by atomic mass is 15.3. The van der Waals surface area contributed by atoms with E-state index in [0.29, 0.717) is 0 Å². The second kappa shape index (κ2) is 12.6. The fourth-order valence-corrected chi connectivity index (χ4v) is 6.78. The SMILES string of the molecule is C[N+]1(C)CCC[N+](C)(C)c2ccc(cc2)Cc2ccc(cc2)[N+](C)(C)CCC[N+](C)(C)c2ccc(cc2)Cc2ccc1cc2. The summed E-state index contributed by atoms with van der Waals surface area (Å²) in [4.78, 5) is 0. The Labute approximate surface area is 267 Å². The Balaban J connectivity index is 1.39. The normalized spacial score (nSPS) is 19.8. The number of hydrogen-bond acceptors (Lipinski definition) is 0. The van der Waals surface area contributed by atoms with Gasteiger partial charge in [0.1, 0.15) is 22.7 Å². The minimum Gasteiger partial charge on any atom is -0.296 e. The average Bonchev–Trinajstić information content (AvgIpc) is 2.97. The van der Waals surface area contributed by atoms with Gasteiger partial charge in [-0.3, -0.25) is 17.9 Å². The molecule has 4 aromatic carbocycles. The number of hydrogen-bond donors (Lipinski definition) is 0. The molecular weight excluding hydrogens is 536 g/mol. The number of benzene rings is 4. The van der Waals surface area contributed by atoms with E-state index in [-0.39, 0.29) is 0 Å². The van der Waals surface area contributed by atoms with Crippen molar-refractivity contribution in [2.75, 3.05) is 82.6 Å². The van der Waals surface area contributed by atoms with Gasteiger partial charge in [-0.1, -0.05) is 48.5 Å². The van der Waals surface area contributed by atoms with E-state index in [1.807, 2.05) is 0 Å². The first-order chi connectivity index (χ1) is 20.7. The van der Waals surface area contributed by atoms with Crippen molar-refractivity contribution in [3.63, 3.8) is 0 Å². The molecule has 0 unspecified atom stereocenters. The smallest absolute Gasteiger partial charge is 0.132 e. The van der Waals surface area contributed by atoms with Gasteiger partial charge < -0.3 is 0 Å². The molecule has 44 heavy (non-hydrogen) atoms. The van der Waals surface area contributed by atoms with E-state index < -0.39 is 0 Å². The molecule has 7 aliphatic heterocycles. The van der Waals surface area contributed by atoms with Gasteiger partial charge in [0.2, 0.25) is 0 Å². The van der Waals surface area contributed by atoms with Gasteiger partial charge in [-0.2, -0.15) is 0 Å². The zero-order valence-corrected chi connectivity index (χ0v) is 28.7.